The van der Waals surface area contributed by atoms with Gasteiger partial charge in [-0.2, -0.15) is 0 Å². The van der Waals surface area contributed by atoms with Gasteiger partial charge >= 0.3 is 6.03 Å². The Morgan fingerprint density at radius 2 is 1.67 bits per heavy atom. The summed E-state index contributed by atoms with van der Waals surface area (Å²) in [6.07, 6.45) is 1.61. The second-order valence-electron chi connectivity index (χ2n) is 8.48. The molecule has 3 amide bonds. The van der Waals surface area contributed by atoms with Crippen molar-refractivity contribution in [3.05, 3.63) is 87.4 Å². The minimum absolute atomic E-state index is 0.200. The molecule has 0 fully saturated rings. The van der Waals surface area contributed by atoms with Crippen LogP contribution < -0.4 is 20.9 Å². The van der Waals surface area contributed by atoms with E-state index in [9.17, 15) is 9.59 Å². The van der Waals surface area contributed by atoms with Crippen molar-refractivity contribution >= 4 is 52.2 Å². The summed E-state index contributed by atoms with van der Waals surface area (Å²) in [5.41, 5.74) is 4.90. The SMILES string of the molecule is COCCCNC(=O)c1cc(NC(=O)Nc2ccc(Cl)c(Cl)c2)ccc1N1CCc2ccccc2C1. The van der Waals surface area contributed by atoms with Crippen molar-refractivity contribution in [1.82, 2.24) is 5.32 Å². The molecule has 188 valence electrons. The number of hydrogen-bond acceptors (Lipinski definition) is 4. The lowest BCUT2D eigenvalue weighted by Gasteiger charge is -2.32. The molecule has 0 saturated carbocycles. The van der Waals surface area contributed by atoms with E-state index < -0.39 is 6.03 Å². The molecule has 0 aromatic heterocycles. The molecule has 36 heavy (non-hydrogen) atoms. The molecule has 1 aliphatic heterocycles. The van der Waals surface area contributed by atoms with Crippen LogP contribution in [-0.4, -0.2) is 38.7 Å². The first-order valence-corrected chi connectivity index (χ1v) is 12.5. The minimum atomic E-state index is -0.459. The van der Waals surface area contributed by atoms with Crippen LogP contribution in [0, 0.1) is 0 Å². The van der Waals surface area contributed by atoms with Gasteiger partial charge in [0.15, 0.2) is 0 Å². The number of anilines is 3. The van der Waals surface area contributed by atoms with Crippen LogP contribution in [0.3, 0.4) is 0 Å². The predicted octanol–water partition coefficient (Wildman–Crippen LogP) is 5.97. The maximum Gasteiger partial charge on any atom is 0.323 e. The summed E-state index contributed by atoms with van der Waals surface area (Å²) >= 11 is 12.0. The average Bonchev–Trinajstić information content (AvgIpc) is 2.88. The van der Waals surface area contributed by atoms with Gasteiger partial charge in [0.25, 0.3) is 5.91 Å². The molecule has 0 unspecified atom stereocenters. The molecule has 1 heterocycles. The van der Waals surface area contributed by atoms with Crippen LogP contribution in [0.1, 0.15) is 27.9 Å². The van der Waals surface area contributed by atoms with Crippen molar-refractivity contribution in [2.24, 2.45) is 0 Å². The zero-order valence-corrected chi connectivity index (χ0v) is 21.5. The second kappa shape index (κ2) is 12.1. The lowest BCUT2D eigenvalue weighted by molar-refractivity contribution is 0.0949. The first-order valence-electron chi connectivity index (χ1n) is 11.7. The molecule has 4 rings (SSSR count). The number of nitrogens with one attached hydrogen (secondary N) is 3. The highest BCUT2D eigenvalue weighted by Crippen LogP contribution is 2.30. The van der Waals surface area contributed by atoms with Gasteiger partial charge in [-0.25, -0.2) is 4.79 Å². The van der Waals surface area contributed by atoms with Crippen molar-refractivity contribution < 1.29 is 14.3 Å². The smallest absolute Gasteiger partial charge is 0.323 e. The number of fused-ring (bicyclic) bond motifs is 1. The molecule has 7 nitrogen and oxygen atoms in total. The molecular formula is C27H28Cl2N4O3. The summed E-state index contributed by atoms with van der Waals surface area (Å²) in [6.45, 7) is 2.56. The molecule has 0 saturated heterocycles. The zero-order valence-electron chi connectivity index (χ0n) is 19.9. The van der Waals surface area contributed by atoms with Gasteiger partial charge in [-0.1, -0.05) is 47.5 Å². The largest absolute Gasteiger partial charge is 0.385 e. The summed E-state index contributed by atoms with van der Waals surface area (Å²) in [6, 6.07) is 18.1. The van der Waals surface area contributed by atoms with E-state index in [1.807, 2.05) is 12.1 Å². The summed E-state index contributed by atoms with van der Waals surface area (Å²) in [7, 11) is 1.63. The van der Waals surface area contributed by atoms with Crippen LogP contribution >= 0.6 is 23.2 Å². The fraction of sp³-hybridized carbons (Fsp3) is 0.259. The summed E-state index contributed by atoms with van der Waals surface area (Å²) in [5.74, 6) is -0.200. The minimum Gasteiger partial charge on any atom is -0.385 e. The number of amides is 3. The quantitative estimate of drug-likeness (QED) is 0.316. The van der Waals surface area contributed by atoms with E-state index in [0.29, 0.717) is 53.1 Å². The number of benzene rings is 3. The highest BCUT2D eigenvalue weighted by Gasteiger charge is 2.22. The number of hydrogen-bond donors (Lipinski definition) is 3. The molecule has 0 bridgehead atoms. The summed E-state index contributed by atoms with van der Waals surface area (Å²) < 4.78 is 5.08. The van der Waals surface area contributed by atoms with Crippen LogP contribution in [0.4, 0.5) is 21.9 Å². The highest BCUT2D eigenvalue weighted by molar-refractivity contribution is 6.42. The van der Waals surface area contributed by atoms with Crippen molar-refractivity contribution in [2.75, 3.05) is 42.3 Å². The lowest BCUT2D eigenvalue weighted by atomic mass is 9.98. The molecule has 0 aliphatic carbocycles. The van der Waals surface area contributed by atoms with E-state index in [1.165, 1.54) is 11.1 Å². The monoisotopic (exact) mass is 526 g/mol. The number of ether oxygens (including phenoxy) is 1. The van der Waals surface area contributed by atoms with Crippen molar-refractivity contribution in [3.63, 3.8) is 0 Å². The van der Waals surface area contributed by atoms with E-state index in [4.69, 9.17) is 27.9 Å². The first kappa shape index (κ1) is 25.8. The van der Waals surface area contributed by atoms with E-state index in [0.717, 1.165) is 18.7 Å². The molecule has 0 spiro atoms. The maximum absolute atomic E-state index is 13.2. The van der Waals surface area contributed by atoms with Crippen LogP contribution in [-0.2, 0) is 17.7 Å². The van der Waals surface area contributed by atoms with Gasteiger partial charge in [0.1, 0.15) is 0 Å². The van der Waals surface area contributed by atoms with E-state index in [2.05, 4.69) is 39.0 Å². The number of nitrogens with zero attached hydrogens (tertiary/aromatic N) is 1. The molecule has 3 N–H and O–H groups in total. The Morgan fingerprint density at radius 1 is 0.944 bits per heavy atom. The number of carbonyl (C=O) groups is 2. The third kappa shape index (κ3) is 6.49. The molecule has 9 heteroatoms. The Kier molecular flexibility index (Phi) is 8.70. The fourth-order valence-corrected chi connectivity index (χ4v) is 4.45. The number of rotatable bonds is 8. The third-order valence-corrected chi connectivity index (χ3v) is 6.70. The fourth-order valence-electron chi connectivity index (χ4n) is 4.15. The van der Waals surface area contributed by atoms with E-state index in [-0.39, 0.29) is 5.91 Å². The molecule has 0 atom stereocenters. The van der Waals surface area contributed by atoms with E-state index in [1.54, 1.807) is 37.4 Å². The van der Waals surface area contributed by atoms with Crippen molar-refractivity contribution in [3.8, 4) is 0 Å². The Labute approximate surface area is 220 Å². The van der Waals surface area contributed by atoms with Gasteiger partial charge in [-0.15, -0.1) is 0 Å². The Morgan fingerprint density at radius 3 is 2.42 bits per heavy atom. The Bertz CT molecular complexity index is 1250. The van der Waals surface area contributed by atoms with Crippen LogP contribution in [0.5, 0.6) is 0 Å². The normalized spacial score (nSPS) is 12.6. The summed E-state index contributed by atoms with van der Waals surface area (Å²) in [4.78, 5) is 28.0. The number of urea groups is 1. The number of halogens is 2. The number of carbonyl (C=O) groups excluding carboxylic acids is 2. The third-order valence-electron chi connectivity index (χ3n) is 5.96. The molecule has 1 aliphatic rings. The summed E-state index contributed by atoms with van der Waals surface area (Å²) in [5, 5.41) is 9.23. The van der Waals surface area contributed by atoms with Gasteiger partial charge in [0, 0.05) is 50.4 Å². The van der Waals surface area contributed by atoms with Gasteiger partial charge in [0.2, 0.25) is 0 Å². The van der Waals surface area contributed by atoms with Gasteiger partial charge in [-0.3, -0.25) is 4.79 Å². The molecule has 3 aromatic rings. The Balaban J connectivity index is 1.53. The average molecular weight is 527 g/mol. The predicted molar refractivity (Wildman–Crippen MR) is 146 cm³/mol. The topological polar surface area (TPSA) is 82.7 Å². The van der Waals surface area contributed by atoms with Gasteiger partial charge in [-0.05, 0) is 60.4 Å². The zero-order chi connectivity index (χ0) is 25.5. The molecule has 3 aromatic carbocycles. The van der Waals surface area contributed by atoms with Crippen LogP contribution in [0.25, 0.3) is 0 Å². The lowest BCUT2D eigenvalue weighted by Crippen LogP contribution is -2.33. The first-order chi connectivity index (χ1) is 17.4. The number of methoxy groups -OCH3 is 1. The Hall–Kier alpha value is -3.26. The highest BCUT2D eigenvalue weighted by atomic mass is 35.5. The van der Waals surface area contributed by atoms with Gasteiger partial charge in [0.05, 0.1) is 15.6 Å². The van der Waals surface area contributed by atoms with Gasteiger partial charge < -0.3 is 25.6 Å². The van der Waals surface area contributed by atoms with Crippen LogP contribution in [0.2, 0.25) is 10.0 Å². The second-order valence-corrected chi connectivity index (χ2v) is 9.30. The molecular weight excluding hydrogens is 499 g/mol. The van der Waals surface area contributed by atoms with E-state index >= 15 is 0 Å². The van der Waals surface area contributed by atoms with Crippen molar-refractivity contribution in [1.29, 1.82) is 0 Å². The maximum atomic E-state index is 13.2. The standard InChI is InChI=1S/C27H28Cl2N4O3/c1-36-14-4-12-30-26(34)22-15-20(31-27(35)32-21-7-9-23(28)24(29)16-21)8-10-25(22)33-13-11-18-5-2-3-6-19(18)17-33/h2-3,5-10,15-16H,4,11-14,17H2,1H3,(H,30,34)(H2,31,32,35). The van der Waals surface area contributed by atoms with Crippen molar-refractivity contribution in [2.45, 2.75) is 19.4 Å². The molecule has 0 radical (unpaired) electrons. The van der Waals surface area contributed by atoms with Crippen LogP contribution in [0.15, 0.2) is 60.7 Å².